The molecule has 1 aliphatic rings. The molecule has 132 valence electrons. The van der Waals surface area contributed by atoms with Crippen LogP contribution < -0.4 is 0 Å². The number of rotatable bonds is 6. The van der Waals surface area contributed by atoms with Gasteiger partial charge in [0, 0.05) is 5.57 Å². The lowest BCUT2D eigenvalue weighted by Crippen LogP contribution is -2.49. The average Bonchev–Trinajstić information content (AvgIpc) is 2.44. The molecule has 0 aromatic carbocycles. The minimum atomic E-state index is -5.38. The molecular weight excluding hydrogens is 321 g/mol. The van der Waals surface area contributed by atoms with Crippen LogP contribution in [0.25, 0.3) is 0 Å². The van der Waals surface area contributed by atoms with Crippen molar-refractivity contribution in [1.29, 1.82) is 0 Å². The summed E-state index contributed by atoms with van der Waals surface area (Å²) in [5.41, 5.74) is -0.427. The Hall–Kier alpha value is -1.61. The molecule has 0 amide bonds. The molecular formula is C14H19F3O6. The van der Waals surface area contributed by atoms with Gasteiger partial charge in [-0.2, -0.15) is 13.2 Å². The summed E-state index contributed by atoms with van der Waals surface area (Å²) < 4.78 is 45.7. The molecule has 1 rings (SSSR count). The maximum Gasteiger partial charge on any atom is 0.446 e. The third kappa shape index (κ3) is 6.19. The zero-order valence-electron chi connectivity index (χ0n) is 12.4. The quantitative estimate of drug-likeness (QED) is 0.433. The van der Waals surface area contributed by atoms with E-state index in [9.17, 15) is 22.8 Å². The topological polar surface area (TPSA) is 93.1 Å². The number of alkyl halides is 3. The van der Waals surface area contributed by atoms with Crippen LogP contribution >= 0.6 is 0 Å². The first-order valence-electron chi connectivity index (χ1n) is 7.09. The molecule has 0 saturated heterocycles. The molecule has 0 aromatic rings. The Labute approximate surface area is 130 Å². The fourth-order valence-corrected chi connectivity index (χ4v) is 2.01. The summed E-state index contributed by atoms with van der Waals surface area (Å²) in [6, 6.07) is 0. The minimum absolute atomic E-state index is 0.229. The zero-order chi connectivity index (χ0) is 17.7. The number of carbonyl (C=O) groups excluding carboxylic acids is 2. The summed E-state index contributed by atoms with van der Waals surface area (Å²) >= 11 is 0. The van der Waals surface area contributed by atoms with E-state index < -0.39 is 42.5 Å². The van der Waals surface area contributed by atoms with E-state index in [1.54, 1.807) is 0 Å². The van der Waals surface area contributed by atoms with Crippen molar-refractivity contribution in [3.05, 3.63) is 12.2 Å². The van der Waals surface area contributed by atoms with Crippen LogP contribution in [0.4, 0.5) is 13.2 Å². The lowest BCUT2D eigenvalue weighted by atomic mass is 9.98. The molecule has 1 saturated carbocycles. The maximum atomic E-state index is 12.2. The van der Waals surface area contributed by atoms with E-state index in [1.807, 2.05) is 0 Å². The van der Waals surface area contributed by atoms with Crippen molar-refractivity contribution in [1.82, 2.24) is 0 Å². The van der Waals surface area contributed by atoms with Crippen LogP contribution in [-0.4, -0.2) is 46.8 Å². The van der Waals surface area contributed by atoms with Gasteiger partial charge in [0.05, 0.1) is 6.42 Å². The molecule has 0 heterocycles. The molecule has 1 aliphatic carbocycles. The molecule has 0 unspecified atom stereocenters. The minimum Gasteiger partial charge on any atom is -0.462 e. The van der Waals surface area contributed by atoms with E-state index in [0.29, 0.717) is 0 Å². The van der Waals surface area contributed by atoms with Crippen LogP contribution in [0.2, 0.25) is 0 Å². The summed E-state index contributed by atoms with van der Waals surface area (Å²) in [5.74, 6) is -6.22. The number of esters is 2. The van der Waals surface area contributed by atoms with Crippen molar-refractivity contribution in [2.75, 3.05) is 6.61 Å². The van der Waals surface area contributed by atoms with E-state index >= 15 is 0 Å². The van der Waals surface area contributed by atoms with Crippen molar-refractivity contribution >= 4 is 11.9 Å². The number of aliphatic hydroxyl groups is 2. The Bertz CT molecular complexity index is 452. The van der Waals surface area contributed by atoms with E-state index in [0.717, 1.165) is 32.1 Å². The van der Waals surface area contributed by atoms with Crippen LogP contribution in [0.5, 0.6) is 0 Å². The second-order valence-electron chi connectivity index (χ2n) is 5.42. The molecule has 23 heavy (non-hydrogen) atoms. The lowest BCUT2D eigenvalue weighted by Gasteiger charge is -2.24. The smallest absolute Gasteiger partial charge is 0.446 e. The molecule has 0 spiro atoms. The molecule has 0 aromatic heterocycles. The van der Waals surface area contributed by atoms with Gasteiger partial charge in [-0.3, -0.25) is 4.79 Å². The highest BCUT2D eigenvalue weighted by Gasteiger charge is 2.54. The molecule has 0 radical (unpaired) electrons. The summed E-state index contributed by atoms with van der Waals surface area (Å²) in [6.07, 6.45) is -1.75. The van der Waals surface area contributed by atoms with Gasteiger partial charge in [-0.25, -0.2) is 4.79 Å². The normalized spacial score (nSPS) is 16.7. The first kappa shape index (κ1) is 19.4. The van der Waals surface area contributed by atoms with Crippen LogP contribution in [0.1, 0.15) is 38.5 Å². The summed E-state index contributed by atoms with van der Waals surface area (Å²) in [4.78, 5) is 23.0. The number of halogens is 3. The van der Waals surface area contributed by atoms with Crippen molar-refractivity contribution in [2.45, 2.75) is 56.6 Å². The van der Waals surface area contributed by atoms with E-state index in [4.69, 9.17) is 14.9 Å². The van der Waals surface area contributed by atoms with Crippen LogP contribution in [0.15, 0.2) is 12.2 Å². The lowest BCUT2D eigenvalue weighted by molar-refractivity contribution is -0.358. The van der Waals surface area contributed by atoms with Crippen LogP contribution in [0, 0.1) is 0 Å². The number of carbonyl (C=O) groups is 2. The van der Waals surface area contributed by atoms with Crippen LogP contribution in [-0.2, 0) is 19.1 Å². The third-order valence-electron chi connectivity index (χ3n) is 3.36. The molecule has 1 fully saturated rings. The SMILES string of the molecule is C=C(CC(=O)OC1CCCCC1)C(=O)OCC(O)(O)C(F)(F)F. The molecule has 0 aliphatic heterocycles. The summed E-state index contributed by atoms with van der Waals surface area (Å²) in [5, 5.41) is 17.4. The fourth-order valence-electron chi connectivity index (χ4n) is 2.01. The predicted octanol–water partition coefficient (Wildman–Crippen LogP) is 1.59. The van der Waals surface area contributed by atoms with Gasteiger partial charge in [0.15, 0.2) is 6.61 Å². The van der Waals surface area contributed by atoms with Gasteiger partial charge >= 0.3 is 18.1 Å². The summed E-state index contributed by atoms with van der Waals surface area (Å²) in [7, 11) is 0. The third-order valence-corrected chi connectivity index (χ3v) is 3.36. The molecule has 6 nitrogen and oxygen atoms in total. The van der Waals surface area contributed by atoms with Crippen molar-refractivity contribution in [2.24, 2.45) is 0 Å². The van der Waals surface area contributed by atoms with Crippen molar-refractivity contribution in [3.8, 4) is 0 Å². The van der Waals surface area contributed by atoms with Crippen LogP contribution in [0.3, 0.4) is 0 Å². The van der Waals surface area contributed by atoms with Gasteiger partial charge in [-0.05, 0) is 25.7 Å². The molecule has 0 atom stereocenters. The highest BCUT2D eigenvalue weighted by Crippen LogP contribution is 2.28. The van der Waals surface area contributed by atoms with E-state index in [2.05, 4.69) is 11.3 Å². The Balaban J connectivity index is 2.38. The van der Waals surface area contributed by atoms with Crippen molar-refractivity contribution in [3.63, 3.8) is 0 Å². The predicted molar refractivity (Wildman–Crippen MR) is 70.9 cm³/mol. The Morgan fingerprint density at radius 3 is 2.22 bits per heavy atom. The Morgan fingerprint density at radius 1 is 1.13 bits per heavy atom. The first-order valence-corrected chi connectivity index (χ1v) is 7.09. The maximum absolute atomic E-state index is 12.2. The van der Waals surface area contributed by atoms with Gasteiger partial charge < -0.3 is 19.7 Å². The van der Waals surface area contributed by atoms with Gasteiger partial charge in [-0.1, -0.05) is 13.0 Å². The van der Waals surface area contributed by atoms with E-state index in [1.165, 1.54) is 0 Å². The molecule has 0 bridgehead atoms. The van der Waals surface area contributed by atoms with Gasteiger partial charge in [0.1, 0.15) is 6.10 Å². The average molecular weight is 340 g/mol. The van der Waals surface area contributed by atoms with E-state index in [-0.39, 0.29) is 6.10 Å². The number of hydrogen-bond acceptors (Lipinski definition) is 6. The largest absolute Gasteiger partial charge is 0.462 e. The highest BCUT2D eigenvalue weighted by molar-refractivity contribution is 5.93. The monoisotopic (exact) mass is 340 g/mol. The van der Waals surface area contributed by atoms with Crippen molar-refractivity contribution < 1.29 is 42.4 Å². The molecule has 9 heteroatoms. The standard InChI is InChI=1S/C14H19F3O6/c1-9(7-11(18)23-10-5-3-2-4-6-10)12(19)22-8-13(20,21)14(15,16)17/h10,20-21H,1-8H2. The van der Waals surface area contributed by atoms with Gasteiger partial charge in [-0.15, -0.1) is 0 Å². The molecule has 2 N–H and O–H groups in total. The Kier molecular flexibility index (Phi) is 6.57. The second kappa shape index (κ2) is 7.78. The summed E-state index contributed by atoms with van der Waals surface area (Å²) in [6.45, 7) is 1.51. The first-order chi connectivity index (χ1) is 10.5. The highest BCUT2D eigenvalue weighted by atomic mass is 19.4. The fraction of sp³-hybridized carbons (Fsp3) is 0.714. The number of hydrogen-bond donors (Lipinski definition) is 2. The van der Waals surface area contributed by atoms with Gasteiger partial charge in [0.2, 0.25) is 0 Å². The number of ether oxygens (including phenoxy) is 2. The Morgan fingerprint density at radius 2 is 1.70 bits per heavy atom. The second-order valence-corrected chi connectivity index (χ2v) is 5.42. The van der Waals surface area contributed by atoms with Gasteiger partial charge in [0.25, 0.3) is 5.79 Å². The zero-order valence-corrected chi connectivity index (χ0v) is 12.4.